The first-order valence-corrected chi connectivity index (χ1v) is 12.7. The highest BCUT2D eigenvalue weighted by Crippen LogP contribution is 2.40. The minimum absolute atomic E-state index is 0.0657. The molecular weight excluding hydrogens is 400 g/mol. The quantitative estimate of drug-likeness (QED) is 0.476. The van der Waals surface area contributed by atoms with E-state index in [1.165, 1.54) is 25.7 Å². The fraction of sp³-hybridized carbons (Fsp3) is 0.714. The van der Waals surface area contributed by atoms with Gasteiger partial charge in [0.1, 0.15) is 5.82 Å². The fourth-order valence-corrected chi connectivity index (χ4v) is 5.77. The Bertz CT molecular complexity index is 785. The van der Waals surface area contributed by atoms with E-state index in [2.05, 4.69) is 32.4 Å². The Labute approximate surface area is 181 Å². The lowest BCUT2D eigenvalue weighted by Crippen LogP contribution is -2.51. The average Bonchev–Trinajstić information content (AvgIpc) is 3.26. The van der Waals surface area contributed by atoms with E-state index >= 15 is 0 Å². The first-order valence-electron chi connectivity index (χ1n) is 11.1. The highest BCUT2D eigenvalue weighted by atomic mass is 32.2. The molecule has 9 heteroatoms. The molecule has 0 spiro atoms. The summed E-state index contributed by atoms with van der Waals surface area (Å²) in [6.07, 6.45) is 8.04. The van der Waals surface area contributed by atoms with Gasteiger partial charge in [0.15, 0.2) is 5.96 Å². The van der Waals surface area contributed by atoms with Crippen LogP contribution in [0.25, 0.3) is 0 Å². The number of pyridine rings is 1. The molecule has 0 unspecified atom stereocenters. The molecule has 1 aliphatic heterocycles. The second-order valence-electron chi connectivity index (χ2n) is 8.30. The van der Waals surface area contributed by atoms with E-state index in [1.54, 1.807) is 17.5 Å². The van der Waals surface area contributed by atoms with Gasteiger partial charge in [0.05, 0.1) is 5.75 Å². The van der Waals surface area contributed by atoms with Crippen LogP contribution in [0, 0.1) is 5.41 Å². The third kappa shape index (κ3) is 5.85. The smallest absolute Gasteiger partial charge is 0.215 e. The highest BCUT2D eigenvalue weighted by molar-refractivity contribution is 7.89. The molecule has 2 fully saturated rings. The number of aromatic nitrogens is 1. The molecule has 0 atom stereocenters. The van der Waals surface area contributed by atoms with Crippen molar-refractivity contribution in [3.63, 3.8) is 0 Å². The van der Waals surface area contributed by atoms with Crippen molar-refractivity contribution in [2.75, 3.05) is 57.0 Å². The number of sulfonamides is 1. The third-order valence-corrected chi connectivity index (χ3v) is 8.40. The molecule has 0 aromatic carbocycles. The SMILES string of the molecule is CCC1(CNC(=NC)NCCS(=O)(=O)N2CCN(c3ccccn3)CC2)CCCC1. The van der Waals surface area contributed by atoms with Gasteiger partial charge in [-0.3, -0.25) is 4.99 Å². The van der Waals surface area contributed by atoms with Gasteiger partial charge in [0.25, 0.3) is 0 Å². The number of guanidine groups is 1. The summed E-state index contributed by atoms with van der Waals surface area (Å²) in [5, 5.41) is 6.59. The summed E-state index contributed by atoms with van der Waals surface area (Å²) in [5.74, 6) is 1.65. The summed E-state index contributed by atoms with van der Waals surface area (Å²) in [6.45, 7) is 5.80. The minimum Gasteiger partial charge on any atom is -0.356 e. The Morgan fingerprint density at radius 3 is 2.50 bits per heavy atom. The topological polar surface area (TPSA) is 89.9 Å². The van der Waals surface area contributed by atoms with Crippen LogP contribution >= 0.6 is 0 Å². The van der Waals surface area contributed by atoms with Gasteiger partial charge < -0.3 is 15.5 Å². The minimum atomic E-state index is -3.30. The van der Waals surface area contributed by atoms with E-state index in [4.69, 9.17) is 0 Å². The van der Waals surface area contributed by atoms with Crippen LogP contribution in [0.2, 0.25) is 0 Å². The molecule has 0 bridgehead atoms. The summed E-state index contributed by atoms with van der Waals surface area (Å²) in [6, 6.07) is 5.80. The maximum absolute atomic E-state index is 12.8. The lowest BCUT2D eigenvalue weighted by Gasteiger charge is -2.34. The highest BCUT2D eigenvalue weighted by Gasteiger charge is 2.32. The fourth-order valence-electron chi connectivity index (χ4n) is 4.44. The van der Waals surface area contributed by atoms with E-state index in [1.807, 2.05) is 18.2 Å². The Morgan fingerprint density at radius 1 is 1.17 bits per heavy atom. The van der Waals surface area contributed by atoms with Crippen molar-refractivity contribution < 1.29 is 8.42 Å². The molecule has 2 aliphatic rings. The molecule has 30 heavy (non-hydrogen) atoms. The van der Waals surface area contributed by atoms with Crippen LogP contribution in [0.3, 0.4) is 0 Å². The van der Waals surface area contributed by atoms with Gasteiger partial charge in [-0.15, -0.1) is 0 Å². The van der Waals surface area contributed by atoms with Gasteiger partial charge >= 0.3 is 0 Å². The van der Waals surface area contributed by atoms with Crippen LogP contribution in [0.5, 0.6) is 0 Å². The van der Waals surface area contributed by atoms with E-state index in [9.17, 15) is 8.42 Å². The zero-order valence-electron chi connectivity index (χ0n) is 18.3. The average molecular weight is 437 g/mol. The molecule has 1 aromatic heterocycles. The number of nitrogens with one attached hydrogen (secondary N) is 2. The molecule has 168 valence electrons. The predicted molar refractivity (Wildman–Crippen MR) is 122 cm³/mol. The van der Waals surface area contributed by atoms with Crippen LogP contribution in [0.1, 0.15) is 39.0 Å². The van der Waals surface area contributed by atoms with Gasteiger partial charge in [-0.25, -0.2) is 13.4 Å². The second kappa shape index (κ2) is 10.4. The summed E-state index contributed by atoms with van der Waals surface area (Å²) in [5.41, 5.74) is 0.358. The van der Waals surface area contributed by atoms with Crippen molar-refractivity contribution in [2.45, 2.75) is 39.0 Å². The van der Waals surface area contributed by atoms with E-state index in [0.29, 0.717) is 44.1 Å². The van der Waals surface area contributed by atoms with Crippen LogP contribution < -0.4 is 15.5 Å². The number of hydrogen-bond donors (Lipinski definition) is 2. The van der Waals surface area contributed by atoms with Crippen molar-refractivity contribution in [3.05, 3.63) is 24.4 Å². The van der Waals surface area contributed by atoms with Crippen LogP contribution in [-0.4, -0.2) is 75.7 Å². The standard InChI is InChI=1S/C21H36N6O2S/c1-3-21(9-5-6-10-21)18-25-20(22-2)24-12-17-30(28,29)27-15-13-26(14-16-27)19-8-4-7-11-23-19/h4,7-8,11H,3,5-6,9-10,12-18H2,1-2H3,(H2,22,24,25). The lowest BCUT2D eigenvalue weighted by molar-refractivity contribution is 0.283. The molecule has 1 saturated carbocycles. The van der Waals surface area contributed by atoms with Crippen LogP contribution in [0.4, 0.5) is 5.82 Å². The number of piperazine rings is 1. The molecular formula is C21H36N6O2S. The molecule has 1 saturated heterocycles. The van der Waals surface area contributed by atoms with Gasteiger partial charge in [-0.2, -0.15) is 4.31 Å². The van der Waals surface area contributed by atoms with Gasteiger partial charge in [0, 0.05) is 52.5 Å². The summed E-state index contributed by atoms with van der Waals surface area (Å²) in [7, 11) is -1.57. The largest absolute Gasteiger partial charge is 0.356 e. The van der Waals surface area contributed by atoms with E-state index in [0.717, 1.165) is 18.8 Å². The van der Waals surface area contributed by atoms with Crippen molar-refractivity contribution in [1.82, 2.24) is 19.9 Å². The first kappa shape index (κ1) is 22.8. The summed E-state index contributed by atoms with van der Waals surface area (Å²) in [4.78, 5) is 10.7. The van der Waals surface area contributed by atoms with Gasteiger partial charge in [0.2, 0.25) is 10.0 Å². The number of nitrogens with zero attached hydrogens (tertiary/aromatic N) is 4. The summed E-state index contributed by atoms with van der Waals surface area (Å²) >= 11 is 0. The molecule has 2 heterocycles. The van der Waals surface area contributed by atoms with Crippen LogP contribution in [0.15, 0.2) is 29.4 Å². The second-order valence-corrected chi connectivity index (χ2v) is 10.4. The van der Waals surface area contributed by atoms with Crippen molar-refractivity contribution in [2.24, 2.45) is 10.4 Å². The molecule has 1 aromatic rings. The summed E-state index contributed by atoms with van der Waals surface area (Å²) < 4.78 is 27.1. The predicted octanol–water partition coefficient (Wildman–Crippen LogP) is 1.67. The van der Waals surface area contributed by atoms with Crippen molar-refractivity contribution in [3.8, 4) is 0 Å². The number of aliphatic imine (C=N–C) groups is 1. The zero-order valence-corrected chi connectivity index (χ0v) is 19.1. The van der Waals surface area contributed by atoms with E-state index < -0.39 is 10.0 Å². The number of anilines is 1. The molecule has 1 aliphatic carbocycles. The van der Waals surface area contributed by atoms with Gasteiger partial charge in [-0.05, 0) is 36.8 Å². The molecule has 0 amide bonds. The Kier molecular flexibility index (Phi) is 7.93. The first-order chi connectivity index (χ1) is 14.5. The van der Waals surface area contributed by atoms with Crippen LogP contribution in [-0.2, 0) is 10.0 Å². The molecule has 2 N–H and O–H groups in total. The molecule has 0 radical (unpaired) electrons. The maximum atomic E-state index is 12.8. The molecule has 3 rings (SSSR count). The zero-order chi connectivity index (χ0) is 21.5. The third-order valence-electron chi connectivity index (χ3n) is 6.53. The maximum Gasteiger partial charge on any atom is 0.215 e. The Balaban J connectivity index is 1.42. The monoisotopic (exact) mass is 436 g/mol. The van der Waals surface area contributed by atoms with Crippen molar-refractivity contribution >= 4 is 21.8 Å². The molecule has 8 nitrogen and oxygen atoms in total. The lowest BCUT2D eigenvalue weighted by atomic mass is 9.83. The number of rotatable bonds is 8. The Hall–Kier alpha value is -1.87. The normalized spacial score (nSPS) is 20.3. The Morgan fingerprint density at radius 2 is 1.90 bits per heavy atom. The number of hydrogen-bond acceptors (Lipinski definition) is 5. The van der Waals surface area contributed by atoms with Gasteiger partial charge in [-0.1, -0.05) is 25.8 Å². The van der Waals surface area contributed by atoms with Crippen molar-refractivity contribution in [1.29, 1.82) is 0 Å². The van der Waals surface area contributed by atoms with E-state index in [-0.39, 0.29) is 5.75 Å².